The third kappa shape index (κ3) is 3.64. The Morgan fingerprint density at radius 1 is 1.60 bits per heavy atom. The van der Waals surface area contributed by atoms with E-state index in [-0.39, 0.29) is 5.91 Å². The molecule has 4 heteroatoms. The summed E-state index contributed by atoms with van der Waals surface area (Å²) >= 11 is 1.68. The van der Waals surface area contributed by atoms with Gasteiger partial charge in [0.15, 0.2) is 0 Å². The smallest absolute Gasteiger partial charge is 0.253 e. The van der Waals surface area contributed by atoms with Gasteiger partial charge < -0.3 is 10.0 Å². The molecule has 0 aliphatic carbocycles. The van der Waals surface area contributed by atoms with Crippen LogP contribution in [0.2, 0.25) is 0 Å². The van der Waals surface area contributed by atoms with Crippen LogP contribution in [0.3, 0.4) is 0 Å². The molecule has 1 amide bonds. The summed E-state index contributed by atoms with van der Waals surface area (Å²) in [5.74, 6) is -0.237. The highest BCUT2D eigenvalue weighted by Gasteiger charge is 2.26. The van der Waals surface area contributed by atoms with Gasteiger partial charge in [0, 0.05) is 18.5 Å². The lowest BCUT2D eigenvalue weighted by Gasteiger charge is -2.24. The summed E-state index contributed by atoms with van der Waals surface area (Å²) in [7, 11) is 1.72. The molecule has 84 valence electrons. The molecule has 0 fully saturated rings. The number of hydrogen-bond acceptors (Lipinski definition) is 3. The molecule has 3 nitrogen and oxygen atoms in total. The molecule has 0 saturated heterocycles. The average molecular weight is 227 g/mol. The summed E-state index contributed by atoms with van der Waals surface area (Å²) in [5, 5.41) is 11.5. The van der Waals surface area contributed by atoms with Crippen LogP contribution in [0.15, 0.2) is 17.5 Å². The van der Waals surface area contributed by atoms with Crippen LogP contribution in [-0.4, -0.2) is 35.1 Å². The Kier molecular flexibility index (Phi) is 3.88. The van der Waals surface area contributed by atoms with Crippen molar-refractivity contribution in [2.24, 2.45) is 0 Å². The van der Waals surface area contributed by atoms with Crippen molar-refractivity contribution in [1.29, 1.82) is 0 Å². The summed E-state index contributed by atoms with van der Waals surface area (Å²) < 4.78 is 0. The highest BCUT2D eigenvalue weighted by molar-refractivity contribution is 7.09. The normalized spacial score (nSPS) is 11.5. The van der Waals surface area contributed by atoms with E-state index in [0.29, 0.717) is 6.54 Å². The van der Waals surface area contributed by atoms with Crippen LogP contribution in [0.25, 0.3) is 0 Å². The minimum atomic E-state index is -1.27. The Bertz CT molecular complexity index is 314. The second-order valence-corrected chi connectivity index (χ2v) is 5.15. The van der Waals surface area contributed by atoms with Gasteiger partial charge in [-0.2, -0.15) is 0 Å². The van der Waals surface area contributed by atoms with Crippen LogP contribution >= 0.6 is 11.3 Å². The van der Waals surface area contributed by atoms with E-state index in [2.05, 4.69) is 0 Å². The summed E-state index contributed by atoms with van der Waals surface area (Å²) in [6.45, 7) is 3.66. The topological polar surface area (TPSA) is 40.5 Å². The molecule has 0 unspecified atom stereocenters. The largest absolute Gasteiger partial charge is 0.381 e. The summed E-state index contributed by atoms with van der Waals surface area (Å²) in [6, 6.07) is 4.05. The third-order valence-electron chi connectivity index (χ3n) is 2.14. The molecule has 1 heterocycles. The van der Waals surface area contributed by atoms with Crippen molar-refractivity contribution >= 4 is 17.2 Å². The zero-order chi connectivity index (χ0) is 11.5. The molecule has 0 atom stereocenters. The van der Waals surface area contributed by atoms with E-state index in [4.69, 9.17) is 0 Å². The van der Waals surface area contributed by atoms with Gasteiger partial charge in [0.2, 0.25) is 0 Å². The zero-order valence-electron chi connectivity index (χ0n) is 9.36. The number of carbonyl (C=O) groups is 1. The van der Waals surface area contributed by atoms with Gasteiger partial charge in [0.05, 0.1) is 0 Å². The summed E-state index contributed by atoms with van der Waals surface area (Å²) in [4.78, 5) is 14.4. The van der Waals surface area contributed by atoms with Crippen LogP contribution < -0.4 is 0 Å². The van der Waals surface area contributed by atoms with Crippen molar-refractivity contribution in [3.63, 3.8) is 0 Å². The van der Waals surface area contributed by atoms with Crippen molar-refractivity contribution < 1.29 is 9.90 Å². The Morgan fingerprint density at radius 2 is 2.27 bits per heavy atom. The fourth-order valence-electron chi connectivity index (χ4n) is 1.30. The monoisotopic (exact) mass is 227 g/mol. The lowest BCUT2D eigenvalue weighted by molar-refractivity contribution is -0.146. The lowest BCUT2D eigenvalue weighted by Crippen LogP contribution is -2.43. The number of likely N-dealkylation sites (N-methyl/N-ethyl adjacent to an activating group) is 1. The Morgan fingerprint density at radius 3 is 2.73 bits per heavy atom. The van der Waals surface area contributed by atoms with Crippen LogP contribution in [0, 0.1) is 0 Å². The highest BCUT2D eigenvalue weighted by atomic mass is 32.1. The third-order valence-corrected chi connectivity index (χ3v) is 3.08. The Labute approximate surface area is 94.3 Å². The van der Waals surface area contributed by atoms with E-state index in [1.807, 2.05) is 17.5 Å². The molecule has 1 rings (SSSR count). The van der Waals surface area contributed by atoms with E-state index in [9.17, 15) is 9.90 Å². The Balaban J connectivity index is 2.43. The number of nitrogens with zero attached hydrogens (tertiary/aromatic N) is 1. The minimum Gasteiger partial charge on any atom is -0.381 e. The molecule has 0 aromatic carbocycles. The predicted molar refractivity (Wildman–Crippen MR) is 62.0 cm³/mol. The maximum absolute atomic E-state index is 11.6. The van der Waals surface area contributed by atoms with Crippen molar-refractivity contribution in [3.05, 3.63) is 22.4 Å². The molecule has 0 radical (unpaired) electrons. The molecule has 1 aromatic heterocycles. The molecule has 1 N–H and O–H groups in total. The second-order valence-electron chi connectivity index (χ2n) is 4.12. The van der Waals surface area contributed by atoms with Gasteiger partial charge in [-0.05, 0) is 31.7 Å². The number of hydrogen-bond donors (Lipinski definition) is 1. The Hall–Kier alpha value is -0.870. The van der Waals surface area contributed by atoms with Crippen molar-refractivity contribution in [2.75, 3.05) is 13.6 Å². The first-order valence-corrected chi connectivity index (χ1v) is 5.79. The first kappa shape index (κ1) is 12.2. The van der Waals surface area contributed by atoms with E-state index >= 15 is 0 Å². The molecule has 15 heavy (non-hydrogen) atoms. The average Bonchev–Trinajstić information content (AvgIpc) is 2.63. The maximum Gasteiger partial charge on any atom is 0.253 e. The minimum absolute atomic E-state index is 0.237. The number of aliphatic hydroxyl groups is 1. The number of rotatable bonds is 4. The first-order chi connectivity index (χ1) is 6.91. The summed E-state index contributed by atoms with van der Waals surface area (Å²) in [6.07, 6.45) is 0.843. The van der Waals surface area contributed by atoms with E-state index in [1.54, 1.807) is 23.3 Å². The van der Waals surface area contributed by atoms with Crippen molar-refractivity contribution in [2.45, 2.75) is 25.9 Å². The maximum atomic E-state index is 11.6. The van der Waals surface area contributed by atoms with Crippen LogP contribution in [0.1, 0.15) is 18.7 Å². The van der Waals surface area contributed by atoms with Crippen molar-refractivity contribution in [3.8, 4) is 0 Å². The number of thiophene rings is 1. The molecule has 0 saturated carbocycles. The molecular weight excluding hydrogens is 210 g/mol. The van der Waals surface area contributed by atoms with Gasteiger partial charge in [0.1, 0.15) is 5.60 Å². The summed E-state index contributed by atoms with van der Waals surface area (Å²) in [5.41, 5.74) is -1.27. The van der Waals surface area contributed by atoms with Gasteiger partial charge >= 0.3 is 0 Å². The van der Waals surface area contributed by atoms with E-state index in [0.717, 1.165) is 6.42 Å². The molecule has 0 spiro atoms. The number of amides is 1. The molecule has 0 aliphatic rings. The van der Waals surface area contributed by atoms with E-state index < -0.39 is 5.60 Å². The van der Waals surface area contributed by atoms with Gasteiger partial charge in [0.25, 0.3) is 5.91 Å². The van der Waals surface area contributed by atoms with Gasteiger partial charge in [-0.15, -0.1) is 11.3 Å². The van der Waals surface area contributed by atoms with Gasteiger partial charge in [-0.3, -0.25) is 4.79 Å². The molecule has 1 aromatic rings. The van der Waals surface area contributed by atoms with Crippen molar-refractivity contribution in [1.82, 2.24) is 4.90 Å². The standard InChI is InChI=1S/C11H17NO2S/c1-11(2,14)10(13)12(3)7-6-9-5-4-8-15-9/h4-5,8,14H,6-7H2,1-3H3. The van der Waals surface area contributed by atoms with Gasteiger partial charge in [-0.25, -0.2) is 0 Å². The number of carbonyl (C=O) groups excluding carboxylic acids is 1. The van der Waals surface area contributed by atoms with Crippen LogP contribution in [-0.2, 0) is 11.2 Å². The predicted octanol–water partition coefficient (Wildman–Crippen LogP) is 1.52. The van der Waals surface area contributed by atoms with Crippen LogP contribution in [0.4, 0.5) is 0 Å². The fraction of sp³-hybridized carbons (Fsp3) is 0.545. The highest BCUT2D eigenvalue weighted by Crippen LogP contribution is 2.11. The fourth-order valence-corrected chi connectivity index (χ4v) is 2.00. The second kappa shape index (κ2) is 4.77. The molecule has 0 aliphatic heterocycles. The zero-order valence-corrected chi connectivity index (χ0v) is 10.2. The van der Waals surface area contributed by atoms with E-state index in [1.165, 1.54) is 18.7 Å². The van der Waals surface area contributed by atoms with Crippen LogP contribution in [0.5, 0.6) is 0 Å². The SMILES string of the molecule is CN(CCc1cccs1)C(=O)C(C)(C)O. The lowest BCUT2D eigenvalue weighted by atomic mass is 10.1. The quantitative estimate of drug-likeness (QED) is 0.847. The first-order valence-electron chi connectivity index (χ1n) is 4.91. The molecule has 0 bridgehead atoms. The van der Waals surface area contributed by atoms with Gasteiger partial charge in [-0.1, -0.05) is 6.07 Å². The molecular formula is C11H17NO2S.